The van der Waals surface area contributed by atoms with Crippen LogP contribution in [0.2, 0.25) is 0 Å². The summed E-state index contributed by atoms with van der Waals surface area (Å²) in [4.78, 5) is 7.00. The van der Waals surface area contributed by atoms with E-state index in [4.69, 9.17) is 0 Å². The van der Waals surface area contributed by atoms with Crippen molar-refractivity contribution in [3.05, 3.63) is 16.1 Å². The van der Waals surface area contributed by atoms with Crippen LogP contribution in [0.25, 0.3) is 0 Å². The molecule has 1 N–H and O–H groups in total. The Morgan fingerprint density at radius 1 is 1.59 bits per heavy atom. The topological polar surface area (TPSA) is 28.2 Å². The number of aromatic nitrogens is 1. The van der Waals surface area contributed by atoms with Gasteiger partial charge < -0.3 is 10.2 Å². The van der Waals surface area contributed by atoms with Gasteiger partial charge in [-0.15, -0.1) is 11.3 Å². The van der Waals surface area contributed by atoms with E-state index in [1.807, 2.05) is 0 Å². The van der Waals surface area contributed by atoms with Crippen molar-refractivity contribution in [3.8, 4) is 0 Å². The Morgan fingerprint density at radius 2 is 2.35 bits per heavy atom. The lowest BCUT2D eigenvalue weighted by Gasteiger charge is -2.36. The van der Waals surface area contributed by atoms with Gasteiger partial charge in [0.2, 0.25) is 0 Å². The summed E-state index contributed by atoms with van der Waals surface area (Å²) < 4.78 is 0. The molecule has 0 spiro atoms. The van der Waals surface area contributed by atoms with Crippen LogP contribution in [-0.2, 0) is 0 Å². The molecule has 2 heterocycles. The second-order valence-corrected chi connectivity index (χ2v) is 6.29. The summed E-state index contributed by atoms with van der Waals surface area (Å²) in [6.45, 7) is 7.79. The molecule has 1 saturated heterocycles. The minimum absolute atomic E-state index is 0.376. The first-order chi connectivity index (χ1) is 8.06. The first-order valence-corrected chi connectivity index (χ1v) is 7.32. The van der Waals surface area contributed by atoms with Gasteiger partial charge >= 0.3 is 0 Å². The largest absolute Gasteiger partial charge is 0.306 e. The zero-order valence-electron chi connectivity index (χ0n) is 11.2. The van der Waals surface area contributed by atoms with Crippen molar-refractivity contribution in [2.45, 2.75) is 51.7 Å². The summed E-state index contributed by atoms with van der Waals surface area (Å²) in [5.41, 5.74) is 1.19. The van der Waals surface area contributed by atoms with Gasteiger partial charge in [-0.2, -0.15) is 0 Å². The van der Waals surface area contributed by atoms with Gasteiger partial charge in [-0.3, -0.25) is 0 Å². The van der Waals surface area contributed by atoms with Crippen LogP contribution in [0.4, 0.5) is 0 Å². The van der Waals surface area contributed by atoms with E-state index in [-0.39, 0.29) is 0 Å². The molecule has 1 aromatic heterocycles. The lowest BCUT2D eigenvalue weighted by atomic mass is 9.98. The number of hydrogen-bond donors (Lipinski definition) is 1. The third-order valence-electron chi connectivity index (χ3n) is 3.77. The van der Waals surface area contributed by atoms with Crippen molar-refractivity contribution < 1.29 is 0 Å². The number of hydrogen-bond acceptors (Lipinski definition) is 4. The fourth-order valence-corrected chi connectivity index (χ4v) is 3.17. The lowest BCUT2D eigenvalue weighted by Crippen LogP contribution is -2.46. The van der Waals surface area contributed by atoms with Crippen molar-refractivity contribution in [2.24, 2.45) is 0 Å². The molecule has 0 amide bonds. The lowest BCUT2D eigenvalue weighted by molar-refractivity contribution is 0.163. The Morgan fingerprint density at radius 3 is 2.94 bits per heavy atom. The predicted octanol–water partition coefficient (Wildman–Crippen LogP) is 2.58. The molecule has 1 aliphatic rings. The van der Waals surface area contributed by atoms with Gasteiger partial charge in [0, 0.05) is 23.5 Å². The second-order valence-electron chi connectivity index (χ2n) is 5.23. The zero-order valence-corrected chi connectivity index (χ0v) is 12.0. The highest BCUT2D eigenvalue weighted by atomic mass is 32.1. The number of nitrogens with one attached hydrogen (secondary N) is 1. The Kier molecular flexibility index (Phi) is 4.17. The Bertz CT molecular complexity index is 363. The SMILES string of the molecule is Cc1nc(C(C)NC2CCN(C)C(C)C2)cs1. The highest BCUT2D eigenvalue weighted by Crippen LogP contribution is 2.21. The molecule has 3 unspecified atom stereocenters. The average Bonchev–Trinajstić information content (AvgIpc) is 2.70. The standard InChI is InChI=1S/C13H23N3S/c1-9-7-12(5-6-16(9)4)14-10(2)13-8-17-11(3)15-13/h8-10,12,14H,5-7H2,1-4H3. The van der Waals surface area contributed by atoms with Crippen molar-refractivity contribution in [2.75, 3.05) is 13.6 Å². The van der Waals surface area contributed by atoms with E-state index < -0.39 is 0 Å². The Hall–Kier alpha value is -0.450. The maximum atomic E-state index is 4.56. The number of rotatable bonds is 3. The van der Waals surface area contributed by atoms with E-state index in [0.717, 1.165) is 5.01 Å². The van der Waals surface area contributed by atoms with Crippen molar-refractivity contribution >= 4 is 11.3 Å². The van der Waals surface area contributed by atoms with Crippen LogP contribution in [0.3, 0.4) is 0 Å². The fourth-order valence-electron chi connectivity index (χ4n) is 2.46. The maximum Gasteiger partial charge on any atom is 0.0898 e. The highest BCUT2D eigenvalue weighted by molar-refractivity contribution is 7.09. The Balaban J connectivity index is 1.89. The average molecular weight is 253 g/mol. The smallest absolute Gasteiger partial charge is 0.0898 e. The summed E-state index contributed by atoms with van der Waals surface area (Å²) in [7, 11) is 2.22. The normalized spacial score (nSPS) is 28.2. The molecule has 0 aromatic carbocycles. The molecule has 17 heavy (non-hydrogen) atoms. The molecule has 4 heteroatoms. The van der Waals surface area contributed by atoms with Crippen molar-refractivity contribution in [1.82, 2.24) is 15.2 Å². The van der Waals surface area contributed by atoms with Crippen LogP contribution in [-0.4, -0.2) is 35.6 Å². The van der Waals surface area contributed by atoms with Gasteiger partial charge in [-0.25, -0.2) is 4.98 Å². The number of piperidine rings is 1. The number of thiazole rings is 1. The van der Waals surface area contributed by atoms with Crippen molar-refractivity contribution in [3.63, 3.8) is 0 Å². The molecule has 0 aliphatic carbocycles. The molecule has 0 radical (unpaired) electrons. The molecule has 3 atom stereocenters. The molecular formula is C13H23N3S. The van der Waals surface area contributed by atoms with Gasteiger partial charge in [-0.05, 0) is 47.2 Å². The minimum atomic E-state index is 0.376. The van der Waals surface area contributed by atoms with Crippen LogP contribution in [0.1, 0.15) is 43.4 Å². The van der Waals surface area contributed by atoms with Gasteiger partial charge in [0.15, 0.2) is 0 Å². The molecule has 1 aliphatic heterocycles. The van der Waals surface area contributed by atoms with Crippen molar-refractivity contribution in [1.29, 1.82) is 0 Å². The monoisotopic (exact) mass is 253 g/mol. The first kappa shape index (κ1) is 13.0. The van der Waals surface area contributed by atoms with Gasteiger partial charge in [0.05, 0.1) is 10.7 Å². The van der Waals surface area contributed by atoms with Crippen LogP contribution < -0.4 is 5.32 Å². The molecule has 0 saturated carbocycles. The molecule has 96 valence electrons. The molecular weight excluding hydrogens is 230 g/mol. The van der Waals surface area contributed by atoms with E-state index >= 15 is 0 Å². The van der Waals surface area contributed by atoms with Gasteiger partial charge in [-0.1, -0.05) is 0 Å². The molecule has 2 rings (SSSR count). The number of aryl methyl sites for hydroxylation is 1. The maximum absolute atomic E-state index is 4.56. The number of likely N-dealkylation sites (tertiary alicyclic amines) is 1. The molecule has 1 fully saturated rings. The van der Waals surface area contributed by atoms with Crippen LogP contribution in [0.5, 0.6) is 0 Å². The predicted molar refractivity (Wildman–Crippen MR) is 73.5 cm³/mol. The Labute approximate surface area is 108 Å². The van der Waals surface area contributed by atoms with E-state index in [2.05, 4.69) is 48.4 Å². The van der Waals surface area contributed by atoms with E-state index in [1.165, 1.54) is 25.1 Å². The number of nitrogens with zero attached hydrogens (tertiary/aromatic N) is 2. The fraction of sp³-hybridized carbons (Fsp3) is 0.769. The summed E-state index contributed by atoms with van der Waals surface area (Å²) in [6.07, 6.45) is 2.48. The van der Waals surface area contributed by atoms with E-state index in [1.54, 1.807) is 11.3 Å². The second kappa shape index (κ2) is 5.46. The van der Waals surface area contributed by atoms with Crippen LogP contribution in [0.15, 0.2) is 5.38 Å². The summed E-state index contributed by atoms with van der Waals surface area (Å²) in [5.74, 6) is 0. The summed E-state index contributed by atoms with van der Waals surface area (Å²) in [6, 6.07) is 1.70. The first-order valence-electron chi connectivity index (χ1n) is 6.44. The zero-order chi connectivity index (χ0) is 12.4. The van der Waals surface area contributed by atoms with E-state index in [0.29, 0.717) is 18.1 Å². The molecule has 1 aromatic rings. The molecule has 0 bridgehead atoms. The summed E-state index contributed by atoms with van der Waals surface area (Å²) >= 11 is 1.74. The van der Waals surface area contributed by atoms with Crippen LogP contribution >= 0.6 is 11.3 Å². The van der Waals surface area contributed by atoms with Gasteiger partial charge in [0.1, 0.15) is 0 Å². The summed E-state index contributed by atoms with van der Waals surface area (Å²) in [5, 5.41) is 7.05. The van der Waals surface area contributed by atoms with Gasteiger partial charge in [0.25, 0.3) is 0 Å². The quantitative estimate of drug-likeness (QED) is 0.897. The minimum Gasteiger partial charge on any atom is -0.306 e. The molecule has 3 nitrogen and oxygen atoms in total. The highest BCUT2D eigenvalue weighted by Gasteiger charge is 2.24. The third-order valence-corrected chi connectivity index (χ3v) is 4.57. The third kappa shape index (κ3) is 3.27. The van der Waals surface area contributed by atoms with Crippen LogP contribution in [0, 0.1) is 6.92 Å². The van der Waals surface area contributed by atoms with E-state index in [9.17, 15) is 0 Å².